The molecular weight excluding hydrogens is 188 g/mol. The lowest BCUT2D eigenvalue weighted by Gasteiger charge is -2.16. The van der Waals surface area contributed by atoms with Crippen molar-refractivity contribution in [1.29, 1.82) is 0 Å². The molecule has 0 aliphatic carbocycles. The Hall–Kier alpha value is -1.38. The molecule has 0 radical (unpaired) electrons. The van der Waals surface area contributed by atoms with Crippen LogP contribution in [-0.2, 0) is 4.79 Å². The van der Waals surface area contributed by atoms with E-state index >= 15 is 0 Å². The minimum Gasteiger partial charge on any atom is -0.348 e. The highest BCUT2D eigenvalue weighted by atomic mass is 16.1. The van der Waals surface area contributed by atoms with Crippen LogP contribution in [0.4, 0.5) is 0 Å². The Kier molecular flexibility index (Phi) is 4.28. The summed E-state index contributed by atoms with van der Waals surface area (Å²) < 4.78 is 0. The van der Waals surface area contributed by atoms with Crippen LogP contribution in [0.15, 0.2) is 24.4 Å². The van der Waals surface area contributed by atoms with E-state index in [4.69, 9.17) is 0 Å². The zero-order valence-electron chi connectivity index (χ0n) is 9.53. The molecule has 3 nitrogen and oxygen atoms in total. The summed E-state index contributed by atoms with van der Waals surface area (Å²) in [5.41, 5.74) is 0.897. The van der Waals surface area contributed by atoms with Crippen molar-refractivity contribution in [2.45, 2.75) is 33.2 Å². The second-order valence-corrected chi connectivity index (χ2v) is 3.79. The Bertz CT molecular complexity index is 311. The minimum atomic E-state index is -0.0206. The van der Waals surface area contributed by atoms with Gasteiger partial charge in [0.15, 0.2) is 0 Å². The van der Waals surface area contributed by atoms with E-state index in [1.807, 2.05) is 39.0 Å². The molecule has 0 fully saturated rings. The number of pyridine rings is 1. The molecule has 1 aromatic rings. The Morgan fingerprint density at radius 2 is 2.20 bits per heavy atom. The molecular formula is C12H18N2O. The van der Waals surface area contributed by atoms with Gasteiger partial charge in [0, 0.05) is 12.1 Å². The summed E-state index contributed by atoms with van der Waals surface area (Å²) in [7, 11) is 0. The maximum atomic E-state index is 11.6. The molecule has 1 heterocycles. The van der Waals surface area contributed by atoms with Gasteiger partial charge in [0.2, 0.25) is 5.91 Å². The smallest absolute Gasteiger partial charge is 0.223 e. The van der Waals surface area contributed by atoms with Crippen LogP contribution in [0.3, 0.4) is 0 Å². The lowest BCUT2D eigenvalue weighted by Crippen LogP contribution is -2.31. The molecule has 82 valence electrons. The van der Waals surface area contributed by atoms with Gasteiger partial charge in [-0.25, -0.2) is 0 Å². The van der Waals surface area contributed by atoms with E-state index in [1.54, 1.807) is 6.20 Å². The highest BCUT2D eigenvalue weighted by Crippen LogP contribution is 2.10. The Balaban J connectivity index is 2.56. The van der Waals surface area contributed by atoms with Crippen molar-refractivity contribution in [3.8, 4) is 0 Å². The molecule has 0 spiro atoms. The van der Waals surface area contributed by atoms with Gasteiger partial charge in [0.25, 0.3) is 0 Å². The third-order valence-electron chi connectivity index (χ3n) is 2.55. The van der Waals surface area contributed by atoms with Crippen LogP contribution < -0.4 is 5.32 Å². The van der Waals surface area contributed by atoms with Crippen molar-refractivity contribution in [3.05, 3.63) is 30.1 Å². The first-order valence-electron chi connectivity index (χ1n) is 5.36. The maximum absolute atomic E-state index is 11.6. The highest BCUT2D eigenvalue weighted by Gasteiger charge is 2.14. The lowest BCUT2D eigenvalue weighted by molar-refractivity contribution is -0.125. The van der Waals surface area contributed by atoms with Crippen LogP contribution in [-0.4, -0.2) is 10.9 Å². The zero-order chi connectivity index (χ0) is 11.3. The molecule has 0 saturated heterocycles. The van der Waals surface area contributed by atoms with E-state index in [0.717, 1.165) is 12.1 Å². The number of carbonyl (C=O) groups is 1. The lowest BCUT2D eigenvalue weighted by atomic mass is 10.1. The number of nitrogens with one attached hydrogen (secondary N) is 1. The second-order valence-electron chi connectivity index (χ2n) is 3.79. The number of aromatic nitrogens is 1. The highest BCUT2D eigenvalue weighted by molar-refractivity contribution is 5.78. The molecule has 0 aromatic carbocycles. The van der Waals surface area contributed by atoms with Crippen molar-refractivity contribution in [1.82, 2.24) is 10.3 Å². The summed E-state index contributed by atoms with van der Waals surface area (Å²) in [4.78, 5) is 15.8. The predicted molar refractivity (Wildman–Crippen MR) is 60.2 cm³/mol. The summed E-state index contributed by atoms with van der Waals surface area (Å²) in [5, 5.41) is 2.95. The average molecular weight is 206 g/mol. The molecule has 0 saturated carbocycles. The molecule has 1 amide bonds. The Labute approximate surface area is 90.9 Å². The molecule has 1 rings (SSSR count). The second kappa shape index (κ2) is 5.49. The van der Waals surface area contributed by atoms with Crippen LogP contribution in [0.1, 0.15) is 38.9 Å². The number of rotatable bonds is 4. The fourth-order valence-corrected chi connectivity index (χ4v) is 1.25. The van der Waals surface area contributed by atoms with Gasteiger partial charge in [-0.15, -0.1) is 0 Å². The first kappa shape index (κ1) is 11.7. The predicted octanol–water partition coefficient (Wildman–Crippen LogP) is 2.30. The standard InChI is InChI=1S/C12H18N2O/c1-4-9(2)12(15)14-10(3)11-7-5-6-8-13-11/h5-10H,4H2,1-3H3,(H,14,15). The monoisotopic (exact) mass is 206 g/mol. The minimum absolute atomic E-state index is 0.0206. The molecule has 0 aliphatic heterocycles. The topological polar surface area (TPSA) is 42.0 Å². The average Bonchev–Trinajstić information content (AvgIpc) is 2.29. The SMILES string of the molecule is CCC(C)C(=O)NC(C)c1ccccn1. The van der Waals surface area contributed by atoms with Crippen molar-refractivity contribution in [2.75, 3.05) is 0 Å². The number of amides is 1. The van der Waals surface area contributed by atoms with Crippen molar-refractivity contribution >= 4 is 5.91 Å². The number of nitrogens with zero attached hydrogens (tertiary/aromatic N) is 1. The zero-order valence-corrected chi connectivity index (χ0v) is 9.53. The number of hydrogen-bond donors (Lipinski definition) is 1. The fraction of sp³-hybridized carbons (Fsp3) is 0.500. The van der Waals surface area contributed by atoms with Gasteiger partial charge in [-0.05, 0) is 25.5 Å². The van der Waals surface area contributed by atoms with Gasteiger partial charge in [0.1, 0.15) is 0 Å². The van der Waals surface area contributed by atoms with Crippen LogP contribution in [0.25, 0.3) is 0 Å². The molecule has 15 heavy (non-hydrogen) atoms. The summed E-state index contributed by atoms with van der Waals surface area (Å²) >= 11 is 0. The molecule has 1 N–H and O–H groups in total. The third kappa shape index (κ3) is 3.35. The summed E-state index contributed by atoms with van der Waals surface area (Å²) in [5.74, 6) is 0.159. The van der Waals surface area contributed by atoms with Crippen molar-refractivity contribution in [3.63, 3.8) is 0 Å². The van der Waals surface area contributed by atoms with E-state index in [0.29, 0.717) is 0 Å². The number of hydrogen-bond acceptors (Lipinski definition) is 2. The van der Waals surface area contributed by atoms with Gasteiger partial charge < -0.3 is 5.32 Å². The Morgan fingerprint density at radius 1 is 1.47 bits per heavy atom. The van der Waals surface area contributed by atoms with E-state index in [2.05, 4.69) is 10.3 Å². The van der Waals surface area contributed by atoms with E-state index in [-0.39, 0.29) is 17.9 Å². The van der Waals surface area contributed by atoms with Gasteiger partial charge in [-0.3, -0.25) is 9.78 Å². The normalized spacial score (nSPS) is 14.3. The van der Waals surface area contributed by atoms with Gasteiger partial charge in [-0.2, -0.15) is 0 Å². The first-order valence-corrected chi connectivity index (χ1v) is 5.36. The third-order valence-corrected chi connectivity index (χ3v) is 2.55. The van der Waals surface area contributed by atoms with Crippen LogP contribution in [0.2, 0.25) is 0 Å². The Morgan fingerprint density at radius 3 is 2.73 bits per heavy atom. The fourth-order valence-electron chi connectivity index (χ4n) is 1.25. The summed E-state index contributed by atoms with van der Waals surface area (Å²) in [6, 6.07) is 5.69. The van der Waals surface area contributed by atoms with Crippen LogP contribution in [0.5, 0.6) is 0 Å². The van der Waals surface area contributed by atoms with Crippen molar-refractivity contribution in [2.24, 2.45) is 5.92 Å². The summed E-state index contributed by atoms with van der Waals surface area (Å²) in [6.45, 7) is 5.89. The first-order chi connectivity index (χ1) is 7.15. The number of carbonyl (C=O) groups excluding carboxylic acids is 1. The molecule has 2 unspecified atom stereocenters. The van der Waals surface area contributed by atoms with E-state index in [1.165, 1.54) is 0 Å². The molecule has 3 heteroatoms. The van der Waals surface area contributed by atoms with Crippen LogP contribution >= 0.6 is 0 Å². The van der Waals surface area contributed by atoms with Gasteiger partial charge in [0.05, 0.1) is 11.7 Å². The van der Waals surface area contributed by atoms with E-state index in [9.17, 15) is 4.79 Å². The molecule has 0 bridgehead atoms. The van der Waals surface area contributed by atoms with Gasteiger partial charge in [-0.1, -0.05) is 19.9 Å². The molecule has 0 aliphatic rings. The molecule has 1 aromatic heterocycles. The molecule has 2 atom stereocenters. The maximum Gasteiger partial charge on any atom is 0.223 e. The van der Waals surface area contributed by atoms with E-state index < -0.39 is 0 Å². The van der Waals surface area contributed by atoms with Gasteiger partial charge >= 0.3 is 0 Å². The van der Waals surface area contributed by atoms with Crippen LogP contribution in [0, 0.1) is 5.92 Å². The largest absolute Gasteiger partial charge is 0.348 e. The van der Waals surface area contributed by atoms with Crippen molar-refractivity contribution < 1.29 is 4.79 Å². The summed E-state index contributed by atoms with van der Waals surface area (Å²) in [6.07, 6.45) is 2.60. The quantitative estimate of drug-likeness (QED) is 0.821.